The van der Waals surface area contributed by atoms with Gasteiger partial charge in [0.25, 0.3) is 0 Å². The highest BCUT2D eigenvalue weighted by atomic mass is 16.5. The molecular weight excluding hydrogens is 188 g/mol. The van der Waals surface area contributed by atoms with E-state index in [0.29, 0.717) is 5.92 Å². The van der Waals surface area contributed by atoms with Crippen molar-refractivity contribution in [3.63, 3.8) is 0 Å². The van der Waals surface area contributed by atoms with Crippen LogP contribution in [-0.4, -0.2) is 16.4 Å². The molecule has 0 fully saturated rings. The van der Waals surface area contributed by atoms with E-state index in [1.54, 1.807) is 10.9 Å². The van der Waals surface area contributed by atoms with Gasteiger partial charge in [-0.3, -0.25) is 4.68 Å². The predicted octanol–water partition coefficient (Wildman–Crippen LogP) is 3.02. The zero-order chi connectivity index (χ0) is 11.1. The molecule has 0 saturated heterocycles. The van der Waals surface area contributed by atoms with E-state index < -0.39 is 0 Å². The summed E-state index contributed by atoms with van der Waals surface area (Å²) in [5, 5.41) is 4.07. The van der Waals surface area contributed by atoms with Gasteiger partial charge in [0.1, 0.15) is 0 Å². The first-order valence-electron chi connectivity index (χ1n) is 5.87. The highest BCUT2D eigenvalue weighted by Crippen LogP contribution is 2.15. The number of aromatic nitrogens is 2. The molecule has 0 saturated carbocycles. The van der Waals surface area contributed by atoms with E-state index in [1.165, 1.54) is 25.7 Å². The lowest BCUT2D eigenvalue weighted by Crippen LogP contribution is -2.10. The first-order valence-corrected chi connectivity index (χ1v) is 5.87. The van der Waals surface area contributed by atoms with Crippen LogP contribution < -0.4 is 4.74 Å². The Bertz CT molecular complexity index is 270. The standard InChI is InChI=1S/C12H22N2O/c1-4-6-7-11(5-2)10-15-12-8-13-14(3)9-12/h8-9,11H,4-7,10H2,1-3H3. The van der Waals surface area contributed by atoms with Gasteiger partial charge in [-0.2, -0.15) is 5.10 Å². The van der Waals surface area contributed by atoms with Crippen molar-refractivity contribution in [1.29, 1.82) is 0 Å². The fraction of sp³-hybridized carbons (Fsp3) is 0.750. The third-order valence-corrected chi connectivity index (χ3v) is 2.71. The van der Waals surface area contributed by atoms with E-state index in [4.69, 9.17) is 4.74 Å². The molecule has 0 spiro atoms. The minimum atomic E-state index is 0.685. The molecule has 0 amide bonds. The van der Waals surface area contributed by atoms with Crippen LogP contribution in [0.15, 0.2) is 12.4 Å². The lowest BCUT2D eigenvalue weighted by molar-refractivity contribution is 0.233. The molecule has 0 bridgehead atoms. The number of aryl methyl sites for hydroxylation is 1. The molecule has 3 heteroatoms. The Morgan fingerprint density at radius 2 is 2.27 bits per heavy atom. The maximum atomic E-state index is 5.69. The second-order valence-electron chi connectivity index (χ2n) is 4.08. The van der Waals surface area contributed by atoms with Gasteiger partial charge < -0.3 is 4.74 Å². The second kappa shape index (κ2) is 6.49. The number of hydrogen-bond donors (Lipinski definition) is 0. The SMILES string of the molecule is CCCCC(CC)COc1cnn(C)c1. The van der Waals surface area contributed by atoms with E-state index in [-0.39, 0.29) is 0 Å². The summed E-state index contributed by atoms with van der Waals surface area (Å²) >= 11 is 0. The van der Waals surface area contributed by atoms with Gasteiger partial charge in [-0.15, -0.1) is 0 Å². The van der Waals surface area contributed by atoms with Gasteiger partial charge in [-0.1, -0.05) is 33.1 Å². The Balaban J connectivity index is 2.27. The summed E-state index contributed by atoms with van der Waals surface area (Å²) < 4.78 is 7.46. The summed E-state index contributed by atoms with van der Waals surface area (Å²) in [6, 6.07) is 0. The molecule has 15 heavy (non-hydrogen) atoms. The monoisotopic (exact) mass is 210 g/mol. The number of nitrogens with zero attached hydrogens (tertiary/aromatic N) is 2. The molecular formula is C12H22N2O. The van der Waals surface area contributed by atoms with E-state index in [2.05, 4.69) is 18.9 Å². The topological polar surface area (TPSA) is 27.1 Å². The number of rotatable bonds is 7. The van der Waals surface area contributed by atoms with Crippen molar-refractivity contribution in [2.75, 3.05) is 6.61 Å². The Morgan fingerprint density at radius 3 is 2.80 bits per heavy atom. The first-order chi connectivity index (χ1) is 7.26. The van der Waals surface area contributed by atoms with Gasteiger partial charge in [-0.25, -0.2) is 0 Å². The molecule has 0 aliphatic heterocycles. The molecule has 3 nitrogen and oxygen atoms in total. The Labute approximate surface area is 92.4 Å². The summed E-state index contributed by atoms with van der Waals surface area (Å²) in [6.45, 7) is 5.28. The van der Waals surface area contributed by atoms with Crippen molar-refractivity contribution < 1.29 is 4.74 Å². The first kappa shape index (κ1) is 12.1. The van der Waals surface area contributed by atoms with Crippen molar-refractivity contribution in [2.24, 2.45) is 13.0 Å². The Kier molecular flexibility index (Phi) is 5.22. The van der Waals surface area contributed by atoms with Crippen molar-refractivity contribution in [1.82, 2.24) is 9.78 Å². The minimum Gasteiger partial charge on any atom is -0.490 e. The van der Waals surface area contributed by atoms with Crippen LogP contribution in [0.4, 0.5) is 0 Å². The highest BCUT2D eigenvalue weighted by Gasteiger charge is 2.07. The van der Waals surface area contributed by atoms with Crippen molar-refractivity contribution >= 4 is 0 Å². The van der Waals surface area contributed by atoms with Crippen LogP contribution in [0.5, 0.6) is 5.75 Å². The molecule has 1 heterocycles. The van der Waals surface area contributed by atoms with Crippen molar-refractivity contribution in [2.45, 2.75) is 39.5 Å². The zero-order valence-electron chi connectivity index (χ0n) is 10.1. The average Bonchev–Trinajstić information content (AvgIpc) is 2.65. The molecule has 0 radical (unpaired) electrons. The number of ether oxygens (including phenoxy) is 1. The maximum Gasteiger partial charge on any atom is 0.157 e. The predicted molar refractivity (Wildman–Crippen MR) is 62.0 cm³/mol. The molecule has 1 unspecified atom stereocenters. The molecule has 1 aromatic rings. The second-order valence-corrected chi connectivity index (χ2v) is 4.08. The van der Waals surface area contributed by atoms with Crippen LogP contribution in [0.2, 0.25) is 0 Å². The van der Waals surface area contributed by atoms with Crippen molar-refractivity contribution in [3.05, 3.63) is 12.4 Å². The summed E-state index contributed by atoms with van der Waals surface area (Å²) in [5.41, 5.74) is 0. The lowest BCUT2D eigenvalue weighted by Gasteiger charge is -2.14. The highest BCUT2D eigenvalue weighted by molar-refractivity contribution is 5.11. The summed E-state index contributed by atoms with van der Waals surface area (Å²) in [5.74, 6) is 1.57. The molecule has 1 rings (SSSR count). The molecule has 0 aliphatic carbocycles. The third-order valence-electron chi connectivity index (χ3n) is 2.71. The summed E-state index contributed by atoms with van der Waals surface area (Å²) in [6.07, 6.45) is 8.71. The average molecular weight is 210 g/mol. The summed E-state index contributed by atoms with van der Waals surface area (Å²) in [7, 11) is 1.90. The van der Waals surface area contributed by atoms with Gasteiger partial charge in [0.05, 0.1) is 19.0 Å². The van der Waals surface area contributed by atoms with Crippen LogP contribution in [0, 0.1) is 5.92 Å². The van der Waals surface area contributed by atoms with Crippen LogP contribution >= 0.6 is 0 Å². The van der Waals surface area contributed by atoms with Crippen LogP contribution in [0.1, 0.15) is 39.5 Å². The number of hydrogen-bond acceptors (Lipinski definition) is 2. The number of unbranched alkanes of at least 4 members (excludes halogenated alkanes) is 1. The lowest BCUT2D eigenvalue weighted by atomic mass is 10.0. The van der Waals surface area contributed by atoms with Crippen molar-refractivity contribution in [3.8, 4) is 5.75 Å². The fourth-order valence-electron chi connectivity index (χ4n) is 1.59. The van der Waals surface area contributed by atoms with Crippen LogP contribution in [0.25, 0.3) is 0 Å². The van der Waals surface area contributed by atoms with Gasteiger partial charge in [0, 0.05) is 7.05 Å². The molecule has 86 valence electrons. The summed E-state index contributed by atoms with van der Waals surface area (Å²) in [4.78, 5) is 0. The smallest absolute Gasteiger partial charge is 0.157 e. The van der Waals surface area contributed by atoms with Gasteiger partial charge >= 0.3 is 0 Å². The molecule has 1 atom stereocenters. The molecule has 0 N–H and O–H groups in total. The van der Waals surface area contributed by atoms with E-state index >= 15 is 0 Å². The van der Waals surface area contributed by atoms with Crippen LogP contribution in [-0.2, 0) is 7.05 Å². The molecule has 0 aliphatic rings. The largest absolute Gasteiger partial charge is 0.490 e. The van der Waals surface area contributed by atoms with Gasteiger partial charge in [0.2, 0.25) is 0 Å². The Morgan fingerprint density at radius 1 is 1.47 bits per heavy atom. The third kappa shape index (κ3) is 4.36. The Hall–Kier alpha value is -0.990. The van der Waals surface area contributed by atoms with E-state index in [0.717, 1.165) is 12.4 Å². The van der Waals surface area contributed by atoms with Crippen LogP contribution in [0.3, 0.4) is 0 Å². The molecule has 0 aromatic carbocycles. The minimum absolute atomic E-state index is 0.685. The van der Waals surface area contributed by atoms with Gasteiger partial charge in [-0.05, 0) is 12.3 Å². The van der Waals surface area contributed by atoms with E-state index in [9.17, 15) is 0 Å². The van der Waals surface area contributed by atoms with Gasteiger partial charge in [0.15, 0.2) is 5.75 Å². The van der Waals surface area contributed by atoms with E-state index in [1.807, 2.05) is 13.2 Å². The quantitative estimate of drug-likeness (QED) is 0.691. The maximum absolute atomic E-state index is 5.69. The zero-order valence-corrected chi connectivity index (χ0v) is 10.1. The molecule has 1 aromatic heterocycles. The fourth-order valence-corrected chi connectivity index (χ4v) is 1.59. The normalized spacial score (nSPS) is 12.7.